The van der Waals surface area contributed by atoms with Crippen LogP contribution in [0.1, 0.15) is 38.3 Å². The van der Waals surface area contributed by atoms with Crippen molar-refractivity contribution < 1.29 is 14.6 Å². The molecule has 0 fully saturated rings. The van der Waals surface area contributed by atoms with Crippen molar-refractivity contribution in [1.29, 1.82) is 0 Å². The second-order valence-electron chi connectivity index (χ2n) is 5.13. The molecular formula is C14H21NO3. The molecule has 1 atom stereocenters. The van der Waals surface area contributed by atoms with Crippen LogP contribution in [0.15, 0.2) is 18.2 Å². The Balaban J connectivity index is 2.99. The van der Waals surface area contributed by atoms with E-state index in [1.54, 1.807) is 6.92 Å². The van der Waals surface area contributed by atoms with Gasteiger partial charge in [0.1, 0.15) is 5.75 Å². The van der Waals surface area contributed by atoms with E-state index in [4.69, 9.17) is 15.6 Å². The van der Waals surface area contributed by atoms with E-state index in [9.17, 15) is 4.79 Å². The van der Waals surface area contributed by atoms with Gasteiger partial charge in [0.2, 0.25) is 0 Å². The van der Waals surface area contributed by atoms with E-state index in [0.717, 1.165) is 16.9 Å². The van der Waals surface area contributed by atoms with Crippen LogP contribution in [0.2, 0.25) is 0 Å². The zero-order valence-electron chi connectivity index (χ0n) is 11.4. The number of carboxylic acid groups (broad SMARTS) is 1. The molecule has 0 aliphatic heterocycles. The van der Waals surface area contributed by atoms with Crippen LogP contribution in [0.4, 0.5) is 0 Å². The number of nitrogens with two attached hydrogens (primary N) is 1. The molecule has 18 heavy (non-hydrogen) atoms. The van der Waals surface area contributed by atoms with Crippen LogP contribution in [0.5, 0.6) is 5.75 Å². The van der Waals surface area contributed by atoms with Crippen molar-refractivity contribution in [1.82, 2.24) is 0 Å². The van der Waals surface area contributed by atoms with Crippen LogP contribution >= 0.6 is 0 Å². The lowest BCUT2D eigenvalue weighted by atomic mass is 9.89. The van der Waals surface area contributed by atoms with Crippen LogP contribution in [-0.4, -0.2) is 17.2 Å². The molecule has 0 amide bonds. The Hall–Kier alpha value is -1.55. The normalized spacial score (nSPS) is 14.3. The molecule has 100 valence electrons. The summed E-state index contributed by atoms with van der Waals surface area (Å²) in [6.07, 6.45) is 0.00873. The maximum atomic E-state index is 10.8. The number of benzene rings is 1. The molecule has 1 aromatic rings. The minimum absolute atomic E-state index is 0.100. The standard InChI is InChI=1S/C14H21NO3/c1-9(2)18-12-6-5-11(7-10(12)3)14(4,15)8-13(16)17/h5-7,9H,8,15H2,1-4H3,(H,16,17). The first-order valence-electron chi connectivity index (χ1n) is 6.01. The lowest BCUT2D eigenvalue weighted by Gasteiger charge is -2.24. The summed E-state index contributed by atoms with van der Waals surface area (Å²) >= 11 is 0. The fourth-order valence-electron chi connectivity index (χ4n) is 1.81. The van der Waals surface area contributed by atoms with E-state index in [1.165, 1.54) is 0 Å². The van der Waals surface area contributed by atoms with Crippen molar-refractivity contribution in [2.45, 2.75) is 45.8 Å². The Morgan fingerprint density at radius 3 is 2.56 bits per heavy atom. The van der Waals surface area contributed by atoms with Crippen LogP contribution in [0.25, 0.3) is 0 Å². The molecule has 0 aliphatic carbocycles. The Labute approximate surface area is 108 Å². The monoisotopic (exact) mass is 251 g/mol. The number of ether oxygens (including phenoxy) is 1. The highest BCUT2D eigenvalue weighted by Gasteiger charge is 2.25. The molecule has 0 saturated carbocycles. The van der Waals surface area contributed by atoms with Gasteiger partial charge in [0.15, 0.2) is 0 Å². The first kappa shape index (κ1) is 14.5. The summed E-state index contributed by atoms with van der Waals surface area (Å²) in [5.74, 6) is -0.0972. The molecule has 1 rings (SSSR count). The van der Waals surface area contributed by atoms with Gasteiger partial charge in [-0.1, -0.05) is 12.1 Å². The fraction of sp³-hybridized carbons (Fsp3) is 0.500. The number of hydrogen-bond acceptors (Lipinski definition) is 3. The van der Waals surface area contributed by atoms with Gasteiger partial charge in [-0.25, -0.2) is 0 Å². The van der Waals surface area contributed by atoms with Gasteiger partial charge >= 0.3 is 5.97 Å². The van der Waals surface area contributed by atoms with E-state index >= 15 is 0 Å². The third-order valence-electron chi connectivity index (χ3n) is 2.72. The maximum absolute atomic E-state index is 10.8. The highest BCUT2D eigenvalue weighted by Crippen LogP contribution is 2.27. The Morgan fingerprint density at radius 1 is 1.50 bits per heavy atom. The summed E-state index contributed by atoms with van der Waals surface area (Å²) < 4.78 is 5.64. The third-order valence-corrected chi connectivity index (χ3v) is 2.72. The molecule has 0 saturated heterocycles. The predicted molar refractivity (Wildman–Crippen MR) is 70.7 cm³/mol. The van der Waals surface area contributed by atoms with Crippen molar-refractivity contribution in [3.8, 4) is 5.75 Å². The van der Waals surface area contributed by atoms with Gasteiger partial charge in [-0.3, -0.25) is 4.79 Å². The minimum atomic E-state index is -0.903. The molecule has 0 radical (unpaired) electrons. The number of carbonyl (C=O) groups is 1. The Bertz CT molecular complexity index is 439. The average molecular weight is 251 g/mol. The van der Waals surface area contributed by atoms with Gasteiger partial charge in [0.05, 0.1) is 12.5 Å². The van der Waals surface area contributed by atoms with Gasteiger partial charge in [0, 0.05) is 5.54 Å². The lowest BCUT2D eigenvalue weighted by Crippen LogP contribution is -2.35. The van der Waals surface area contributed by atoms with E-state index in [1.807, 2.05) is 39.0 Å². The number of aryl methyl sites for hydroxylation is 1. The minimum Gasteiger partial charge on any atom is -0.491 e. The van der Waals surface area contributed by atoms with Crippen molar-refractivity contribution >= 4 is 5.97 Å². The molecule has 0 heterocycles. The summed E-state index contributed by atoms with van der Waals surface area (Å²) in [6.45, 7) is 7.58. The van der Waals surface area contributed by atoms with Gasteiger partial charge in [-0.2, -0.15) is 0 Å². The summed E-state index contributed by atoms with van der Waals surface area (Å²) in [6, 6.07) is 5.56. The van der Waals surface area contributed by atoms with E-state index in [0.29, 0.717) is 0 Å². The van der Waals surface area contributed by atoms with Crippen LogP contribution in [-0.2, 0) is 10.3 Å². The summed E-state index contributed by atoms with van der Waals surface area (Å²) in [5, 5.41) is 8.85. The highest BCUT2D eigenvalue weighted by molar-refractivity contribution is 5.68. The van der Waals surface area contributed by atoms with Crippen molar-refractivity contribution in [2.24, 2.45) is 5.73 Å². The summed E-state index contributed by atoms with van der Waals surface area (Å²) in [7, 11) is 0. The smallest absolute Gasteiger partial charge is 0.305 e. The Morgan fingerprint density at radius 2 is 2.11 bits per heavy atom. The molecule has 4 nitrogen and oxygen atoms in total. The second-order valence-corrected chi connectivity index (χ2v) is 5.13. The number of aliphatic carboxylic acids is 1. The number of hydrogen-bond donors (Lipinski definition) is 2. The fourth-order valence-corrected chi connectivity index (χ4v) is 1.81. The van der Waals surface area contributed by atoms with Gasteiger partial charge < -0.3 is 15.6 Å². The van der Waals surface area contributed by atoms with Crippen molar-refractivity contribution in [3.05, 3.63) is 29.3 Å². The molecule has 1 unspecified atom stereocenters. The topological polar surface area (TPSA) is 72.6 Å². The predicted octanol–water partition coefficient (Wildman–Crippen LogP) is 2.43. The van der Waals surface area contributed by atoms with E-state index in [2.05, 4.69) is 0 Å². The SMILES string of the molecule is Cc1cc(C(C)(N)CC(=O)O)ccc1OC(C)C. The number of rotatable bonds is 5. The quantitative estimate of drug-likeness (QED) is 0.843. The third kappa shape index (κ3) is 3.74. The van der Waals surface area contributed by atoms with Crippen LogP contribution in [0, 0.1) is 6.92 Å². The van der Waals surface area contributed by atoms with Crippen LogP contribution < -0.4 is 10.5 Å². The van der Waals surface area contributed by atoms with Crippen molar-refractivity contribution in [3.63, 3.8) is 0 Å². The zero-order valence-corrected chi connectivity index (χ0v) is 11.4. The zero-order chi connectivity index (χ0) is 13.9. The summed E-state index contributed by atoms with van der Waals surface area (Å²) in [5.41, 5.74) is 6.93. The lowest BCUT2D eigenvalue weighted by molar-refractivity contribution is -0.138. The van der Waals surface area contributed by atoms with Crippen molar-refractivity contribution in [2.75, 3.05) is 0 Å². The molecule has 0 spiro atoms. The molecular weight excluding hydrogens is 230 g/mol. The first-order chi connectivity index (χ1) is 8.22. The highest BCUT2D eigenvalue weighted by atomic mass is 16.5. The Kier molecular flexibility index (Phi) is 4.35. The van der Waals surface area contributed by atoms with Gasteiger partial charge in [-0.15, -0.1) is 0 Å². The molecule has 4 heteroatoms. The van der Waals surface area contributed by atoms with Gasteiger partial charge in [-0.05, 0) is 44.9 Å². The molecule has 0 aromatic heterocycles. The summed E-state index contributed by atoms with van der Waals surface area (Å²) in [4.78, 5) is 10.8. The molecule has 0 bridgehead atoms. The number of carboxylic acids is 1. The van der Waals surface area contributed by atoms with Gasteiger partial charge in [0.25, 0.3) is 0 Å². The molecule has 1 aromatic carbocycles. The second kappa shape index (κ2) is 5.40. The molecule has 0 aliphatic rings. The molecule has 3 N–H and O–H groups in total. The largest absolute Gasteiger partial charge is 0.491 e. The van der Waals surface area contributed by atoms with E-state index in [-0.39, 0.29) is 12.5 Å². The van der Waals surface area contributed by atoms with Crippen LogP contribution in [0.3, 0.4) is 0 Å². The first-order valence-corrected chi connectivity index (χ1v) is 6.01. The maximum Gasteiger partial charge on any atom is 0.305 e. The van der Waals surface area contributed by atoms with E-state index < -0.39 is 11.5 Å². The average Bonchev–Trinajstić information content (AvgIpc) is 2.18.